The van der Waals surface area contributed by atoms with Gasteiger partial charge < -0.3 is 19.6 Å². The highest BCUT2D eigenvalue weighted by atomic mass is 16.3. The number of hydrogen-bond acceptors (Lipinski definition) is 5. The van der Waals surface area contributed by atoms with Crippen LogP contribution in [0.5, 0.6) is 0 Å². The summed E-state index contributed by atoms with van der Waals surface area (Å²) in [5.74, 6) is 0.784. The van der Waals surface area contributed by atoms with Crippen molar-refractivity contribution >= 4 is 49.4 Å². The van der Waals surface area contributed by atoms with Gasteiger partial charge in [-0.2, -0.15) is 0 Å². The summed E-state index contributed by atoms with van der Waals surface area (Å²) in [5.41, 5.74) is 4.01. The second-order valence-electron chi connectivity index (χ2n) is 9.88. The van der Waals surface area contributed by atoms with E-state index in [2.05, 4.69) is 22.1 Å². The van der Waals surface area contributed by atoms with E-state index in [0.717, 1.165) is 36.6 Å². The summed E-state index contributed by atoms with van der Waals surface area (Å²) in [5, 5.41) is 5.17. The zero-order valence-corrected chi connectivity index (χ0v) is 20.1. The van der Waals surface area contributed by atoms with Gasteiger partial charge in [-0.1, -0.05) is 43.3 Å². The Balaban J connectivity index is 1.56. The number of aryl methyl sites for hydroxylation is 1. The van der Waals surface area contributed by atoms with Crippen molar-refractivity contribution in [1.82, 2.24) is 9.88 Å². The average Bonchev–Trinajstić information content (AvgIpc) is 2.87. The third kappa shape index (κ3) is 3.69. The molecule has 0 bridgehead atoms. The van der Waals surface area contributed by atoms with Gasteiger partial charge in [0.2, 0.25) is 0 Å². The van der Waals surface area contributed by atoms with Crippen molar-refractivity contribution < 1.29 is 4.42 Å². The van der Waals surface area contributed by atoms with E-state index < -0.39 is 0 Å². The van der Waals surface area contributed by atoms with E-state index in [1.165, 1.54) is 12.8 Å². The van der Waals surface area contributed by atoms with Crippen LogP contribution in [0.15, 0.2) is 62.5 Å². The van der Waals surface area contributed by atoms with Crippen LogP contribution in [0, 0.1) is 12.8 Å². The first-order valence-electron chi connectivity index (χ1n) is 12.4. The van der Waals surface area contributed by atoms with E-state index in [1.807, 2.05) is 31.2 Å². The highest BCUT2D eigenvalue weighted by Crippen LogP contribution is 2.31. The molecule has 1 aromatic heterocycles. The van der Waals surface area contributed by atoms with E-state index in [9.17, 15) is 9.59 Å². The van der Waals surface area contributed by atoms with Gasteiger partial charge in [0.15, 0.2) is 22.0 Å². The monoisotopic (exact) mass is 467 g/mol. The first-order valence-corrected chi connectivity index (χ1v) is 12.4. The van der Waals surface area contributed by atoms with Crippen LogP contribution in [0.1, 0.15) is 25.3 Å². The number of aromatic amines is 1. The first kappa shape index (κ1) is 21.9. The minimum absolute atomic E-state index is 0.135. The third-order valence-electron chi connectivity index (χ3n) is 7.49. The number of anilines is 1. The van der Waals surface area contributed by atoms with Crippen molar-refractivity contribution in [3.63, 3.8) is 0 Å². The standard InChI is InChI=1S/C29H29N3O3/c1-17-10-13-32(14-11-17)15-12-30-21-16-23-27(31-26-18(2)6-5-9-22(26)35-23)25-24(21)28(33)19-7-3-4-8-20(19)29(25)34/h3-9,16-17,30-31H,10-15H2,1-2H3. The van der Waals surface area contributed by atoms with Crippen molar-refractivity contribution in [2.24, 2.45) is 5.92 Å². The molecule has 1 aliphatic rings. The molecule has 4 aromatic carbocycles. The Hall–Kier alpha value is -3.64. The summed E-state index contributed by atoms with van der Waals surface area (Å²) in [7, 11) is 0. The van der Waals surface area contributed by atoms with Gasteiger partial charge in [0.25, 0.3) is 0 Å². The summed E-state index contributed by atoms with van der Waals surface area (Å²) >= 11 is 0. The van der Waals surface area contributed by atoms with Crippen LogP contribution in [-0.4, -0.2) is 36.1 Å². The predicted octanol–water partition coefficient (Wildman–Crippen LogP) is 5.39. The molecular weight excluding hydrogens is 438 g/mol. The molecule has 1 aliphatic heterocycles. The topological polar surface area (TPSA) is 78.3 Å². The number of aromatic nitrogens is 1. The number of H-pyrrole nitrogens is 1. The fraction of sp³-hybridized carbons (Fsp3) is 0.310. The molecular formula is C29H29N3O3. The fourth-order valence-corrected chi connectivity index (χ4v) is 5.38. The van der Waals surface area contributed by atoms with Crippen molar-refractivity contribution in [3.05, 3.63) is 74.5 Å². The van der Waals surface area contributed by atoms with Gasteiger partial charge in [0.1, 0.15) is 0 Å². The minimum atomic E-state index is -0.159. The Morgan fingerprint density at radius 3 is 2.40 bits per heavy atom. The number of hydrogen-bond donors (Lipinski definition) is 2. The molecule has 1 saturated heterocycles. The molecule has 6 nitrogen and oxygen atoms in total. The third-order valence-corrected chi connectivity index (χ3v) is 7.49. The molecule has 2 heterocycles. The van der Waals surface area contributed by atoms with Crippen LogP contribution < -0.4 is 16.2 Å². The lowest BCUT2D eigenvalue weighted by molar-refractivity contribution is 0.199. The lowest BCUT2D eigenvalue weighted by Gasteiger charge is -2.30. The molecule has 0 atom stereocenters. The summed E-state index contributed by atoms with van der Waals surface area (Å²) < 4.78 is 6.27. The van der Waals surface area contributed by atoms with E-state index in [1.54, 1.807) is 24.3 Å². The van der Waals surface area contributed by atoms with Crippen molar-refractivity contribution in [2.45, 2.75) is 26.7 Å². The molecule has 6 heteroatoms. The van der Waals surface area contributed by atoms with Gasteiger partial charge in [-0.3, -0.25) is 9.59 Å². The number of para-hydroxylation sites is 1. The Morgan fingerprint density at radius 1 is 0.943 bits per heavy atom. The summed E-state index contributed by atoms with van der Waals surface area (Å²) in [6.07, 6.45) is 2.44. The zero-order chi connectivity index (χ0) is 24.1. The molecule has 0 saturated carbocycles. The molecule has 0 spiro atoms. The maximum Gasteiger partial charge on any atom is 0.196 e. The molecule has 178 valence electrons. The van der Waals surface area contributed by atoms with Crippen LogP contribution in [0.25, 0.3) is 43.7 Å². The van der Waals surface area contributed by atoms with E-state index in [-0.39, 0.29) is 10.9 Å². The number of rotatable bonds is 4. The second kappa shape index (κ2) is 8.54. The van der Waals surface area contributed by atoms with Gasteiger partial charge in [-0.15, -0.1) is 0 Å². The highest BCUT2D eigenvalue weighted by molar-refractivity contribution is 6.14. The summed E-state index contributed by atoms with van der Waals surface area (Å²) in [6, 6.07) is 14.8. The van der Waals surface area contributed by atoms with Crippen molar-refractivity contribution in [3.8, 4) is 0 Å². The number of piperidine rings is 1. The molecule has 0 radical (unpaired) electrons. The molecule has 2 N–H and O–H groups in total. The molecule has 6 rings (SSSR count). The quantitative estimate of drug-likeness (QED) is 0.274. The van der Waals surface area contributed by atoms with Crippen LogP contribution in [0.2, 0.25) is 0 Å². The Labute approximate surface area is 202 Å². The SMILES string of the molecule is Cc1cccc2oc3cc(NCCN4CCC(C)CC4)c4c(=O)c5ccccc5c(=O)c4c3[nH]c12. The van der Waals surface area contributed by atoms with Gasteiger partial charge >= 0.3 is 0 Å². The smallest absolute Gasteiger partial charge is 0.196 e. The number of fused-ring (bicyclic) bond motifs is 5. The molecule has 0 aliphatic carbocycles. The van der Waals surface area contributed by atoms with Crippen molar-refractivity contribution in [2.75, 3.05) is 31.5 Å². The van der Waals surface area contributed by atoms with Crippen LogP contribution in [0.4, 0.5) is 5.69 Å². The maximum atomic E-state index is 13.7. The predicted molar refractivity (Wildman–Crippen MR) is 144 cm³/mol. The van der Waals surface area contributed by atoms with Crippen LogP contribution in [-0.2, 0) is 0 Å². The summed E-state index contributed by atoms with van der Waals surface area (Å²) in [6.45, 7) is 8.07. The zero-order valence-electron chi connectivity index (χ0n) is 20.1. The Kier molecular flexibility index (Phi) is 5.33. The van der Waals surface area contributed by atoms with E-state index in [0.29, 0.717) is 50.5 Å². The Morgan fingerprint density at radius 2 is 1.66 bits per heavy atom. The number of nitrogens with zero attached hydrogens (tertiary/aromatic N) is 1. The largest absolute Gasteiger partial charge is 0.453 e. The second-order valence-corrected chi connectivity index (χ2v) is 9.88. The molecule has 5 aromatic rings. The Bertz CT molecular complexity index is 1710. The maximum absolute atomic E-state index is 13.7. The van der Waals surface area contributed by atoms with Gasteiger partial charge in [-0.25, -0.2) is 0 Å². The van der Waals surface area contributed by atoms with E-state index in [4.69, 9.17) is 4.42 Å². The van der Waals surface area contributed by atoms with E-state index >= 15 is 0 Å². The minimum Gasteiger partial charge on any atom is -0.453 e. The summed E-state index contributed by atoms with van der Waals surface area (Å²) in [4.78, 5) is 33.3. The fourth-order valence-electron chi connectivity index (χ4n) is 5.38. The van der Waals surface area contributed by atoms with Gasteiger partial charge in [-0.05, 0) is 50.4 Å². The molecule has 1 fully saturated rings. The van der Waals surface area contributed by atoms with Gasteiger partial charge in [0.05, 0.1) is 27.5 Å². The normalized spacial score (nSPS) is 15.5. The van der Waals surface area contributed by atoms with Crippen LogP contribution in [0.3, 0.4) is 0 Å². The first-order chi connectivity index (χ1) is 17.0. The van der Waals surface area contributed by atoms with Crippen LogP contribution >= 0.6 is 0 Å². The molecule has 35 heavy (non-hydrogen) atoms. The van der Waals surface area contributed by atoms with Gasteiger partial charge in [0, 0.05) is 29.9 Å². The lowest BCUT2D eigenvalue weighted by atomic mass is 9.99. The number of benzene rings is 4. The highest BCUT2D eigenvalue weighted by Gasteiger charge is 2.20. The average molecular weight is 468 g/mol. The van der Waals surface area contributed by atoms with Crippen molar-refractivity contribution in [1.29, 1.82) is 0 Å². The molecule has 0 unspecified atom stereocenters. The number of likely N-dealkylation sites (tertiary alicyclic amines) is 1. The number of nitrogens with one attached hydrogen (secondary N) is 2. The molecule has 0 amide bonds. The lowest BCUT2D eigenvalue weighted by Crippen LogP contribution is -2.36.